The molecule has 2 atom stereocenters. The van der Waals surface area contributed by atoms with Crippen molar-refractivity contribution in [2.24, 2.45) is 5.92 Å². The Balaban J connectivity index is 1.46. The summed E-state index contributed by atoms with van der Waals surface area (Å²) in [5.41, 5.74) is 1.28. The van der Waals surface area contributed by atoms with Crippen molar-refractivity contribution < 1.29 is 9.47 Å². The molecule has 5 rings (SSSR count). The first kappa shape index (κ1) is 20.3. The lowest BCUT2D eigenvalue weighted by Gasteiger charge is -2.37. The fourth-order valence-electron chi connectivity index (χ4n) is 4.45. The number of fused-ring (bicyclic) bond motifs is 1. The number of hydrogen-bond donors (Lipinski definition) is 1. The Kier molecular flexibility index (Phi) is 6.02. The van der Waals surface area contributed by atoms with Crippen LogP contribution in [0, 0.1) is 19.8 Å². The van der Waals surface area contributed by atoms with Crippen molar-refractivity contribution in [1.82, 2.24) is 14.9 Å². The molecule has 5 heterocycles. The molecule has 0 spiro atoms. The highest BCUT2D eigenvalue weighted by atomic mass is 32.1. The molecule has 2 aliphatic rings. The van der Waals surface area contributed by atoms with Crippen LogP contribution in [0.15, 0.2) is 17.5 Å². The Morgan fingerprint density at radius 3 is 2.80 bits per heavy atom. The topological polar surface area (TPSA) is 59.5 Å². The fraction of sp³-hybridized carbons (Fsp3) is 0.545. The van der Waals surface area contributed by atoms with Gasteiger partial charge in [-0.05, 0) is 37.3 Å². The zero-order valence-corrected chi connectivity index (χ0v) is 19.2. The summed E-state index contributed by atoms with van der Waals surface area (Å²) in [6.07, 6.45) is 1.12. The van der Waals surface area contributed by atoms with Crippen LogP contribution in [0.4, 0.5) is 5.82 Å². The third kappa shape index (κ3) is 3.99. The van der Waals surface area contributed by atoms with Gasteiger partial charge in [0, 0.05) is 43.1 Å². The smallest absolute Gasteiger partial charge is 0.173 e. The first-order chi connectivity index (χ1) is 14.7. The standard InChI is InChI=1S/C22H28N4O2S2/c1-14-15(2)30-22-19(14)21(24-20(25-22)18-4-3-11-29-18)23-12-17(16-5-8-28-13-16)26-6-9-27-10-7-26/h3-4,11,16-17H,5-10,12-13H2,1-2H3,(H,23,24,25). The van der Waals surface area contributed by atoms with Crippen molar-refractivity contribution in [2.45, 2.75) is 26.3 Å². The summed E-state index contributed by atoms with van der Waals surface area (Å²) >= 11 is 3.44. The molecule has 2 fully saturated rings. The number of aromatic nitrogens is 2. The molecule has 3 aromatic heterocycles. The largest absolute Gasteiger partial charge is 0.381 e. The molecule has 6 nitrogen and oxygen atoms in total. The van der Waals surface area contributed by atoms with Crippen LogP contribution in [0.2, 0.25) is 0 Å². The molecule has 1 N–H and O–H groups in total. The van der Waals surface area contributed by atoms with Crippen molar-refractivity contribution in [1.29, 1.82) is 0 Å². The van der Waals surface area contributed by atoms with Crippen molar-refractivity contribution in [3.05, 3.63) is 28.0 Å². The molecule has 2 saturated heterocycles. The van der Waals surface area contributed by atoms with E-state index < -0.39 is 0 Å². The third-order valence-corrected chi connectivity index (χ3v) is 8.24. The predicted octanol–water partition coefficient (Wildman–Crippen LogP) is 4.19. The van der Waals surface area contributed by atoms with Gasteiger partial charge in [-0.2, -0.15) is 0 Å². The van der Waals surface area contributed by atoms with Gasteiger partial charge in [-0.1, -0.05) is 6.07 Å². The maximum atomic E-state index is 5.73. The molecule has 0 amide bonds. The molecular weight excluding hydrogens is 416 g/mol. The number of nitrogens with one attached hydrogen (secondary N) is 1. The van der Waals surface area contributed by atoms with E-state index in [1.54, 1.807) is 22.7 Å². The lowest BCUT2D eigenvalue weighted by molar-refractivity contribution is 0.00460. The summed E-state index contributed by atoms with van der Waals surface area (Å²) in [4.78, 5) is 15.9. The molecule has 160 valence electrons. The molecule has 0 saturated carbocycles. The molecular formula is C22H28N4O2S2. The monoisotopic (exact) mass is 444 g/mol. The quantitative estimate of drug-likeness (QED) is 0.615. The van der Waals surface area contributed by atoms with Crippen molar-refractivity contribution in [2.75, 3.05) is 51.4 Å². The lowest BCUT2D eigenvalue weighted by atomic mass is 9.97. The first-order valence-corrected chi connectivity index (χ1v) is 12.4. The Labute approximate surface area is 185 Å². The van der Waals surface area contributed by atoms with Gasteiger partial charge in [0.2, 0.25) is 0 Å². The van der Waals surface area contributed by atoms with Gasteiger partial charge in [-0.15, -0.1) is 22.7 Å². The number of hydrogen-bond acceptors (Lipinski definition) is 8. The summed E-state index contributed by atoms with van der Waals surface area (Å²) < 4.78 is 11.3. The van der Waals surface area contributed by atoms with Crippen LogP contribution < -0.4 is 5.32 Å². The normalized spacial score (nSPS) is 21.3. The molecule has 8 heteroatoms. The minimum Gasteiger partial charge on any atom is -0.381 e. The third-order valence-electron chi connectivity index (χ3n) is 6.27. The number of morpholine rings is 1. The van der Waals surface area contributed by atoms with Gasteiger partial charge in [-0.3, -0.25) is 4.90 Å². The highest BCUT2D eigenvalue weighted by molar-refractivity contribution is 7.19. The van der Waals surface area contributed by atoms with Crippen LogP contribution in [-0.2, 0) is 9.47 Å². The predicted molar refractivity (Wildman–Crippen MR) is 124 cm³/mol. The van der Waals surface area contributed by atoms with E-state index in [1.807, 2.05) is 0 Å². The second-order valence-electron chi connectivity index (χ2n) is 8.06. The molecule has 0 radical (unpaired) electrons. The molecule has 2 aliphatic heterocycles. The minimum absolute atomic E-state index is 0.423. The molecule has 0 aliphatic carbocycles. The van der Waals surface area contributed by atoms with Gasteiger partial charge < -0.3 is 14.8 Å². The highest BCUT2D eigenvalue weighted by Gasteiger charge is 2.31. The molecule has 2 unspecified atom stereocenters. The Hall–Kier alpha value is -1.58. The molecule has 30 heavy (non-hydrogen) atoms. The van der Waals surface area contributed by atoms with E-state index in [1.165, 1.54) is 15.8 Å². The maximum absolute atomic E-state index is 5.73. The van der Waals surface area contributed by atoms with Gasteiger partial charge in [0.15, 0.2) is 5.82 Å². The van der Waals surface area contributed by atoms with Crippen LogP contribution >= 0.6 is 22.7 Å². The summed E-state index contributed by atoms with van der Waals surface area (Å²) in [7, 11) is 0. The molecule has 0 aromatic carbocycles. The Bertz CT molecular complexity index is 992. The summed E-state index contributed by atoms with van der Waals surface area (Å²) in [5, 5.41) is 6.99. The number of aryl methyl sites for hydroxylation is 2. The van der Waals surface area contributed by atoms with E-state index in [2.05, 4.69) is 41.6 Å². The zero-order chi connectivity index (χ0) is 20.5. The summed E-state index contributed by atoms with van der Waals surface area (Å²) in [6, 6.07) is 4.57. The SMILES string of the molecule is Cc1sc2nc(-c3cccs3)nc(NCC(C3CCOC3)N3CCOCC3)c2c1C. The molecule has 3 aromatic rings. The summed E-state index contributed by atoms with van der Waals surface area (Å²) in [5.74, 6) is 2.32. The van der Waals surface area contributed by atoms with Crippen LogP contribution in [-0.4, -0.2) is 67.0 Å². The van der Waals surface area contributed by atoms with Crippen LogP contribution in [0.3, 0.4) is 0 Å². The van der Waals surface area contributed by atoms with E-state index in [0.29, 0.717) is 12.0 Å². The van der Waals surface area contributed by atoms with E-state index >= 15 is 0 Å². The van der Waals surface area contributed by atoms with Crippen molar-refractivity contribution in [3.8, 4) is 10.7 Å². The number of anilines is 1. The van der Waals surface area contributed by atoms with Crippen LogP contribution in [0.25, 0.3) is 20.9 Å². The highest BCUT2D eigenvalue weighted by Crippen LogP contribution is 2.36. The average molecular weight is 445 g/mol. The van der Waals surface area contributed by atoms with Gasteiger partial charge in [-0.25, -0.2) is 9.97 Å². The Morgan fingerprint density at radius 1 is 1.20 bits per heavy atom. The number of rotatable bonds is 6. The second-order valence-corrected chi connectivity index (χ2v) is 10.2. The average Bonchev–Trinajstić information content (AvgIpc) is 3.52. The van der Waals surface area contributed by atoms with Crippen LogP contribution in [0.1, 0.15) is 16.9 Å². The van der Waals surface area contributed by atoms with Crippen molar-refractivity contribution >= 4 is 38.7 Å². The molecule has 0 bridgehead atoms. The van der Waals surface area contributed by atoms with E-state index in [9.17, 15) is 0 Å². The lowest BCUT2D eigenvalue weighted by Crippen LogP contribution is -2.50. The zero-order valence-electron chi connectivity index (χ0n) is 17.5. The fourth-order valence-corrected chi connectivity index (χ4v) is 6.14. The number of nitrogens with zero attached hydrogens (tertiary/aromatic N) is 3. The van der Waals surface area contributed by atoms with Gasteiger partial charge in [0.05, 0.1) is 30.1 Å². The maximum Gasteiger partial charge on any atom is 0.173 e. The summed E-state index contributed by atoms with van der Waals surface area (Å²) in [6.45, 7) is 10.5. The van der Waals surface area contributed by atoms with Crippen LogP contribution in [0.5, 0.6) is 0 Å². The minimum atomic E-state index is 0.423. The van der Waals surface area contributed by atoms with Gasteiger partial charge in [0.25, 0.3) is 0 Å². The van der Waals surface area contributed by atoms with E-state index in [0.717, 1.165) is 73.8 Å². The van der Waals surface area contributed by atoms with Crippen molar-refractivity contribution in [3.63, 3.8) is 0 Å². The van der Waals surface area contributed by atoms with Gasteiger partial charge in [0.1, 0.15) is 10.6 Å². The van der Waals surface area contributed by atoms with Gasteiger partial charge >= 0.3 is 0 Å². The first-order valence-electron chi connectivity index (χ1n) is 10.7. The Morgan fingerprint density at radius 2 is 2.07 bits per heavy atom. The number of ether oxygens (including phenoxy) is 2. The van der Waals surface area contributed by atoms with E-state index in [4.69, 9.17) is 19.4 Å². The number of thiophene rings is 2. The second kappa shape index (κ2) is 8.88. The van der Waals surface area contributed by atoms with E-state index in [-0.39, 0.29) is 0 Å².